The van der Waals surface area contributed by atoms with Crippen molar-refractivity contribution in [3.8, 4) is 0 Å². The van der Waals surface area contributed by atoms with Gasteiger partial charge in [0.05, 0.1) is 11.1 Å². The maximum atomic E-state index is 12.8. The van der Waals surface area contributed by atoms with Gasteiger partial charge in [-0.1, -0.05) is 34.8 Å². The van der Waals surface area contributed by atoms with Crippen molar-refractivity contribution in [1.29, 1.82) is 0 Å². The summed E-state index contributed by atoms with van der Waals surface area (Å²) in [7, 11) is 0. The van der Waals surface area contributed by atoms with Crippen molar-refractivity contribution in [1.82, 2.24) is 5.43 Å². The van der Waals surface area contributed by atoms with E-state index in [2.05, 4.69) is 21.4 Å². The van der Waals surface area contributed by atoms with Gasteiger partial charge in [-0.3, -0.25) is 15.0 Å². The van der Waals surface area contributed by atoms with Crippen LogP contribution < -0.4 is 10.4 Å². The highest BCUT2D eigenvalue weighted by atomic mass is 79.9. The van der Waals surface area contributed by atoms with Crippen molar-refractivity contribution in [2.45, 2.75) is 39.0 Å². The van der Waals surface area contributed by atoms with Crippen molar-refractivity contribution >= 4 is 33.4 Å². The summed E-state index contributed by atoms with van der Waals surface area (Å²) < 4.78 is 0.933. The minimum Gasteiger partial charge on any atom is -0.273 e. The molecule has 5 heteroatoms. The van der Waals surface area contributed by atoms with Gasteiger partial charge in [0.2, 0.25) is 5.91 Å². The van der Waals surface area contributed by atoms with Crippen LogP contribution in [-0.2, 0) is 9.59 Å². The fourth-order valence-corrected chi connectivity index (χ4v) is 3.55. The van der Waals surface area contributed by atoms with E-state index in [1.807, 2.05) is 25.1 Å². The molecule has 0 atom stereocenters. The minimum absolute atomic E-state index is 0.0327. The van der Waals surface area contributed by atoms with E-state index < -0.39 is 5.41 Å². The zero-order valence-corrected chi connectivity index (χ0v) is 13.0. The van der Waals surface area contributed by atoms with E-state index in [0.29, 0.717) is 12.1 Å². The second kappa shape index (κ2) is 4.88. The van der Waals surface area contributed by atoms with Gasteiger partial charge >= 0.3 is 0 Å². The number of carbonyl (C=O) groups excluding carboxylic acids is 2. The van der Waals surface area contributed by atoms with Gasteiger partial charge < -0.3 is 0 Å². The monoisotopic (exact) mass is 336 g/mol. The number of anilines is 1. The number of rotatable bonds is 1. The van der Waals surface area contributed by atoms with Crippen LogP contribution in [0.1, 0.15) is 37.7 Å². The van der Waals surface area contributed by atoms with Crippen LogP contribution in [0.2, 0.25) is 0 Å². The number of amides is 2. The average Bonchev–Trinajstić information content (AvgIpc) is 2.86. The van der Waals surface area contributed by atoms with Crippen molar-refractivity contribution in [2.24, 2.45) is 5.41 Å². The Hall–Kier alpha value is -1.36. The number of nitrogens with zero attached hydrogens (tertiary/aromatic N) is 1. The van der Waals surface area contributed by atoms with Gasteiger partial charge in [-0.2, -0.15) is 0 Å². The van der Waals surface area contributed by atoms with E-state index in [-0.39, 0.29) is 11.8 Å². The van der Waals surface area contributed by atoms with E-state index in [0.717, 1.165) is 35.7 Å². The molecule has 0 bridgehead atoms. The first kappa shape index (κ1) is 13.6. The van der Waals surface area contributed by atoms with Gasteiger partial charge in [0.25, 0.3) is 5.91 Å². The summed E-state index contributed by atoms with van der Waals surface area (Å²) in [4.78, 5) is 24.8. The highest BCUT2D eigenvalue weighted by Crippen LogP contribution is 2.45. The van der Waals surface area contributed by atoms with Crippen LogP contribution in [0.3, 0.4) is 0 Å². The molecule has 2 amide bonds. The summed E-state index contributed by atoms with van der Waals surface area (Å²) in [5, 5.41) is 1.43. The first-order valence-electron chi connectivity index (χ1n) is 6.92. The smallest absolute Gasteiger partial charge is 0.252 e. The third-order valence-electron chi connectivity index (χ3n) is 4.37. The lowest BCUT2D eigenvalue weighted by Crippen LogP contribution is -2.58. The second-order valence-electron chi connectivity index (χ2n) is 5.77. The fraction of sp³-hybridized carbons (Fsp3) is 0.467. The van der Waals surface area contributed by atoms with Crippen molar-refractivity contribution in [3.05, 3.63) is 28.2 Å². The maximum absolute atomic E-state index is 12.8. The third-order valence-corrected chi connectivity index (χ3v) is 5.22. The molecule has 1 aromatic carbocycles. The molecule has 1 aromatic rings. The Morgan fingerprint density at radius 3 is 2.60 bits per heavy atom. The highest BCUT2D eigenvalue weighted by molar-refractivity contribution is 9.10. The fourth-order valence-electron chi connectivity index (χ4n) is 3.18. The summed E-state index contributed by atoms with van der Waals surface area (Å²) in [6.45, 7) is 1.99. The van der Waals surface area contributed by atoms with E-state index in [1.54, 1.807) is 0 Å². The van der Waals surface area contributed by atoms with E-state index in [4.69, 9.17) is 0 Å². The van der Waals surface area contributed by atoms with Crippen LogP contribution in [0.15, 0.2) is 22.7 Å². The first-order valence-corrected chi connectivity index (χ1v) is 7.71. The average molecular weight is 337 g/mol. The summed E-state index contributed by atoms with van der Waals surface area (Å²) in [5.41, 5.74) is 4.04. The van der Waals surface area contributed by atoms with Crippen LogP contribution in [0.4, 0.5) is 5.69 Å². The molecule has 1 N–H and O–H groups in total. The maximum Gasteiger partial charge on any atom is 0.252 e. The molecule has 1 spiro atoms. The van der Waals surface area contributed by atoms with Crippen molar-refractivity contribution in [3.63, 3.8) is 0 Å². The molecule has 1 saturated heterocycles. The predicted molar refractivity (Wildman–Crippen MR) is 80.0 cm³/mol. The van der Waals surface area contributed by atoms with Crippen LogP contribution in [-0.4, -0.2) is 11.8 Å². The van der Waals surface area contributed by atoms with Crippen molar-refractivity contribution in [2.75, 3.05) is 5.01 Å². The first-order chi connectivity index (χ1) is 9.52. The van der Waals surface area contributed by atoms with Gasteiger partial charge in [0.15, 0.2) is 0 Å². The summed E-state index contributed by atoms with van der Waals surface area (Å²) in [6, 6.07) is 5.68. The van der Waals surface area contributed by atoms with Gasteiger partial charge in [-0.15, -0.1) is 0 Å². The lowest BCUT2D eigenvalue weighted by atomic mass is 9.80. The third kappa shape index (κ3) is 2.14. The standard InChI is InChI=1S/C15H17BrN2O2/c1-10-4-5-11(8-12(10)16)18-14(20)15(6-2-3-7-15)9-13(19)17-18/h4-5,8H,2-3,6-7,9H2,1H3,(H,17,19). The molecule has 106 valence electrons. The summed E-state index contributed by atoms with van der Waals surface area (Å²) in [5.74, 6) is -0.0337. The Kier molecular flexibility index (Phi) is 3.32. The molecule has 1 saturated carbocycles. The van der Waals surface area contributed by atoms with Gasteiger partial charge in [0, 0.05) is 10.9 Å². The van der Waals surface area contributed by atoms with E-state index >= 15 is 0 Å². The number of aryl methyl sites for hydroxylation is 1. The summed E-state index contributed by atoms with van der Waals surface area (Å²) in [6.07, 6.45) is 4.04. The van der Waals surface area contributed by atoms with Crippen LogP contribution >= 0.6 is 15.9 Å². The van der Waals surface area contributed by atoms with Crippen LogP contribution in [0.25, 0.3) is 0 Å². The Morgan fingerprint density at radius 1 is 1.25 bits per heavy atom. The minimum atomic E-state index is -0.473. The predicted octanol–water partition coefficient (Wildman–Crippen LogP) is 3.09. The molecule has 1 heterocycles. The molecule has 2 aliphatic rings. The molecule has 1 aliphatic heterocycles. The Labute approximate surface area is 126 Å². The number of hydrogen-bond donors (Lipinski definition) is 1. The number of carbonyl (C=O) groups is 2. The Bertz CT molecular complexity index is 579. The molecule has 20 heavy (non-hydrogen) atoms. The highest BCUT2D eigenvalue weighted by Gasteiger charge is 2.49. The van der Waals surface area contributed by atoms with Gasteiger partial charge in [0.1, 0.15) is 0 Å². The number of nitrogens with one attached hydrogen (secondary N) is 1. The topological polar surface area (TPSA) is 49.4 Å². The molecule has 4 nitrogen and oxygen atoms in total. The molecule has 0 aromatic heterocycles. The van der Waals surface area contributed by atoms with Crippen molar-refractivity contribution < 1.29 is 9.59 Å². The zero-order chi connectivity index (χ0) is 14.3. The molecular formula is C15H17BrN2O2. The van der Waals surface area contributed by atoms with E-state index in [9.17, 15) is 9.59 Å². The molecule has 1 aliphatic carbocycles. The molecule has 2 fully saturated rings. The van der Waals surface area contributed by atoms with E-state index in [1.165, 1.54) is 5.01 Å². The largest absolute Gasteiger partial charge is 0.273 e. The lowest BCUT2D eigenvalue weighted by molar-refractivity contribution is -0.140. The zero-order valence-electron chi connectivity index (χ0n) is 11.4. The number of benzene rings is 1. The normalized spacial score (nSPS) is 21.4. The van der Waals surface area contributed by atoms with Gasteiger partial charge in [-0.25, -0.2) is 5.01 Å². The molecular weight excluding hydrogens is 320 g/mol. The lowest BCUT2D eigenvalue weighted by Gasteiger charge is -2.38. The number of hydrazine groups is 1. The Balaban J connectivity index is 1.97. The van der Waals surface area contributed by atoms with Crippen LogP contribution in [0.5, 0.6) is 0 Å². The number of hydrogen-bond acceptors (Lipinski definition) is 2. The molecule has 0 unspecified atom stereocenters. The molecule has 3 rings (SSSR count). The SMILES string of the molecule is Cc1ccc(N2NC(=O)CC3(CCCC3)C2=O)cc1Br. The summed E-state index contributed by atoms with van der Waals surface area (Å²) >= 11 is 3.47. The molecule has 0 radical (unpaired) electrons. The number of halogens is 1. The van der Waals surface area contributed by atoms with Crippen LogP contribution in [0, 0.1) is 12.3 Å². The Morgan fingerprint density at radius 2 is 1.95 bits per heavy atom. The van der Waals surface area contributed by atoms with Gasteiger partial charge in [-0.05, 0) is 37.5 Å². The second-order valence-corrected chi connectivity index (χ2v) is 6.63. The quantitative estimate of drug-likeness (QED) is 0.856.